The van der Waals surface area contributed by atoms with Gasteiger partial charge in [-0.2, -0.15) is 9.67 Å². The first-order valence-corrected chi connectivity index (χ1v) is 14.5. The number of hydrogen-bond donors (Lipinski definition) is 0. The number of morpholine rings is 1. The fourth-order valence-corrected chi connectivity index (χ4v) is 4.81. The van der Waals surface area contributed by atoms with Crippen molar-refractivity contribution in [1.82, 2.24) is 0 Å². The van der Waals surface area contributed by atoms with Crippen LogP contribution in [0.4, 0.5) is 11.4 Å². The van der Waals surface area contributed by atoms with E-state index in [-0.39, 0.29) is 5.71 Å². The average molecular weight is 564 g/mol. The summed E-state index contributed by atoms with van der Waals surface area (Å²) in [5.41, 5.74) is 3.49. The molecule has 2 heterocycles. The van der Waals surface area contributed by atoms with Gasteiger partial charge in [-0.15, -0.1) is 0 Å². The highest BCUT2D eigenvalue weighted by atomic mass is 16.5. The second-order valence-corrected chi connectivity index (χ2v) is 10.1. The molecule has 2 aromatic carbocycles. The van der Waals surface area contributed by atoms with E-state index < -0.39 is 5.97 Å². The number of carbonyl (C=O) groups is 1. The molecule has 1 saturated heterocycles. The molecule has 1 fully saturated rings. The molecule has 0 amide bonds. The molecule has 9 nitrogen and oxygen atoms in total. The van der Waals surface area contributed by atoms with Crippen LogP contribution in [-0.4, -0.2) is 65.4 Å². The van der Waals surface area contributed by atoms with Gasteiger partial charge in [0.25, 0.3) is 0 Å². The number of unbranched alkanes of at least 4 members (excludes halogenated alkanes) is 2. The van der Waals surface area contributed by atoms with Gasteiger partial charge in [0.1, 0.15) is 24.2 Å². The summed E-state index contributed by atoms with van der Waals surface area (Å²) in [5.74, 6) is 0.915. The van der Waals surface area contributed by atoms with Gasteiger partial charge in [-0.25, -0.2) is 4.79 Å². The smallest absolute Gasteiger partial charge is 0.365 e. The third-order valence-electron chi connectivity index (χ3n) is 7.20. The van der Waals surface area contributed by atoms with Gasteiger partial charge in [0.15, 0.2) is 0 Å². The van der Waals surface area contributed by atoms with Crippen molar-refractivity contribution in [2.24, 2.45) is 12.1 Å². The van der Waals surface area contributed by atoms with Crippen molar-refractivity contribution in [2.75, 3.05) is 63.6 Å². The third kappa shape index (κ3) is 7.27. The summed E-state index contributed by atoms with van der Waals surface area (Å²) in [6, 6.07) is 15.9. The molecule has 0 unspecified atom stereocenters. The fraction of sp³-hybridized carbons (Fsp3) is 0.469. The number of pyridine rings is 1. The van der Waals surface area contributed by atoms with Gasteiger partial charge >= 0.3 is 5.97 Å². The SMILES string of the molecule is CCCCOc1cc(N(C)N=C(C(=O)OC)c2ccc3ccccc3[n+]2C)c(OCCCC)cc1N1CCOCC1. The van der Waals surface area contributed by atoms with Crippen molar-refractivity contribution in [3.05, 3.63) is 54.2 Å². The summed E-state index contributed by atoms with van der Waals surface area (Å²) in [7, 11) is 5.11. The van der Waals surface area contributed by atoms with E-state index in [1.54, 1.807) is 5.01 Å². The normalized spacial score (nSPS) is 13.8. The van der Waals surface area contributed by atoms with Gasteiger partial charge in [-0.3, -0.25) is 5.01 Å². The van der Waals surface area contributed by atoms with Crippen molar-refractivity contribution in [2.45, 2.75) is 39.5 Å². The Hall–Kier alpha value is -3.85. The van der Waals surface area contributed by atoms with Crippen LogP contribution in [0, 0.1) is 0 Å². The summed E-state index contributed by atoms with van der Waals surface area (Å²) >= 11 is 0. The van der Waals surface area contributed by atoms with Gasteiger partial charge in [0.2, 0.25) is 16.9 Å². The molecule has 0 N–H and O–H groups in total. The van der Waals surface area contributed by atoms with Crippen LogP contribution in [-0.2, 0) is 21.3 Å². The van der Waals surface area contributed by atoms with Crippen LogP contribution in [0.1, 0.15) is 45.2 Å². The van der Waals surface area contributed by atoms with Crippen LogP contribution in [0.15, 0.2) is 53.6 Å². The summed E-state index contributed by atoms with van der Waals surface area (Å²) < 4.78 is 25.4. The number of ether oxygens (including phenoxy) is 4. The van der Waals surface area contributed by atoms with Crippen molar-refractivity contribution in [1.29, 1.82) is 0 Å². The quantitative estimate of drug-likeness (QED) is 0.0965. The average Bonchev–Trinajstić information content (AvgIpc) is 3.01. The number of benzene rings is 2. The lowest BCUT2D eigenvalue weighted by Gasteiger charge is -2.31. The van der Waals surface area contributed by atoms with Crippen LogP contribution in [0.3, 0.4) is 0 Å². The minimum Gasteiger partial charge on any atom is -0.491 e. The number of rotatable bonds is 13. The maximum Gasteiger partial charge on any atom is 0.365 e. The van der Waals surface area contributed by atoms with Crippen LogP contribution in [0.2, 0.25) is 0 Å². The lowest BCUT2D eigenvalue weighted by atomic mass is 10.1. The minimum absolute atomic E-state index is 0.188. The molecule has 3 aromatic rings. The van der Waals surface area contributed by atoms with Gasteiger partial charge in [0.05, 0.1) is 39.2 Å². The largest absolute Gasteiger partial charge is 0.491 e. The van der Waals surface area contributed by atoms with Crippen LogP contribution in [0.25, 0.3) is 10.9 Å². The monoisotopic (exact) mass is 563 g/mol. The van der Waals surface area contributed by atoms with E-state index in [0.29, 0.717) is 43.6 Å². The lowest BCUT2D eigenvalue weighted by Crippen LogP contribution is -2.40. The Kier molecular flexibility index (Phi) is 10.8. The fourth-order valence-electron chi connectivity index (χ4n) is 4.81. The Morgan fingerprint density at radius 2 is 1.68 bits per heavy atom. The van der Waals surface area contributed by atoms with E-state index in [2.05, 4.69) is 18.7 Å². The van der Waals surface area contributed by atoms with Crippen molar-refractivity contribution < 1.29 is 28.3 Å². The maximum atomic E-state index is 13.1. The number of hydrazone groups is 1. The van der Waals surface area contributed by atoms with E-state index in [9.17, 15) is 4.79 Å². The first-order valence-electron chi connectivity index (χ1n) is 14.5. The Bertz CT molecular complexity index is 1350. The second kappa shape index (κ2) is 14.7. The van der Waals surface area contributed by atoms with E-state index >= 15 is 0 Å². The molecule has 41 heavy (non-hydrogen) atoms. The minimum atomic E-state index is -0.527. The number of aromatic nitrogens is 1. The number of para-hydroxylation sites is 1. The Labute approximate surface area is 243 Å². The standard InChI is InChI=1S/C32H43N4O5/c1-6-8-18-40-29-23-28(36-16-20-39-21-17-36)30(41-19-9-7-2)22-27(29)35(4)33-31(32(37)38-5)26-15-14-24-12-10-11-13-25(24)34(26)3/h10-15,22-23H,6-9,16-21H2,1-5H3/q+1. The van der Waals surface area contributed by atoms with Crippen LogP contribution in [0.5, 0.6) is 11.5 Å². The topological polar surface area (TPSA) is 76.7 Å². The molecule has 0 spiro atoms. The van der Waals surface area contributed by atoms with E-state index in [4.69, 9.17) is 24.0 Å². The summed E-state index contributed by atoms with van der Waals surface area (Å²) in [6.07, 6.45) is 3.93. The Balaban J connectivity index is 1.81. The zero-order valence-corrected chi connectivity index (χ0v) is 25.0. The molecule has 0 radical (unpaired) electrons. The number of nitrogens with zero attached hydrogens (tertiary/aromatic N) is 4. The predicted molar refractivity (Wildman–Crippen MR) is 162 cm³/mol. The molecule has 1 aromatic heterocycles. The summed E-state index contributed by atoms with van der Waals surface area (Å²) in [6.45, 7) is 8.34. The van der Waals surface area contributed by atoms with Crippen LogP contribution < -0.4 is 23.9 Å². The van der Waals surface area contributed by atoms with Gasteiger partial charge in [-0.1, -0.05) is 38.8 Å². The first kappa shape index (κ1) is 30.1. The summed E-state index contributed by atoms with van der Waals surface area (Å²) in [4.78, 5) is 15.4. The highest BCUT2D eigenvalue weighted by molar-refractivity contribution is 6.42. The molecule has 1 aliphatic heterocycles. The van der Waals surface area contributed by atoms with Crippen LogP contribution >= 0.6 is 0 Å². The molecule has 1 aliphatic rings. The van der Waals surface area contributed by atoms with E-state index in [1.165, 1.54) is 7.11 Å². The summed E-state index contributed by atoms with van der Waals surface area (Å²) in [5, 5.41) is 7.55. The molecule has 0 bridgehead atoms. The molecule has 9 heteroatoms. The van der Waals surface area contributed by atoms with Crippen molar-refractivity contribution in [3.63, 3.8) is 0 Å². The molecular formula is C32H43N4O5+. The first-order chi connectivity index (χ1) is 20.0. The number of fused-ring (bicyclic) bond motifs is 1. The van der Waals surface area contributed by atoms with Gasteiger partial charge < -0.3 is 23.8 Å². The molecule has 220 valence electrons. The molecule has 0 atom stereocenters. The predicted octanol–water partition coefficient (Wildman–Crippen LogP) is 4.87. The molecular weight excluding hydrogens is 520 g/mol. The number of aryl methyl sites for hydroxylation is 1. The number of hydrogen-bond acceptors (Lipinski definition) is 8. The highest BCUT2D eigenvalue weighted by Gasteiger charge is 2.27. The Morgan fingerprint density at radius 1 is 1.00 bits per heavy atom. The maximum absolute atomic E-state index is 13.1. The Morgan fingerprint density at radius 3 is 2.37 bits per heavy atom. The van der Waals surface area contributed by atoms with Gasteiger partial charge in [0, 0.05) is 49.8 Å². The second-order valence-electron chi connectivity index (χ2n) is 10.1. The molecule has 4 rings (SSSR count). The lowest BCUT2D eigenvalue weighted by molar-refractivity contribution is -0.646. The van der Waals surface area contributed by atoms with Crippen molar-refractivity contribution in [3.8, 4) is 11.5 Å². The molecule has 0 saturated carbocycles. The third-order valence-corrected chi connectivity index (χ3v) is 7.20. The number of esters is 1. The zero-order valence-electron chi connectivity index (χ0n) is 25.0. The van der Waals surface area contributed by atoms with E-state index in [0.717, 1.165) is 61.1 Å². The van der Waals surface area contributed by atoms with E-state index in [1.807, 2.05) is 67.2 Å². The van der Waals surface area contributed by atoms with Crippen molar-refractivity contribution >= 4 is 34.0 Å². The number of methoxy groups -OCH3 is 1. The number of carbonyl (C=O) groups excluding carboxylic acids is 1. The zero-order chi connectivity index (χ0) is 29.2. The molecule has 0 aliphatic carbocycles. The number of anilines is 2. The highest BCUT2D eigenvalue weighted by Crippen LogP contribution is 2.41. The van der Waals surface area contributed by atoms with Gasteiger partial charge in [-0.05, 0) is 25.0 Å².